The molecule has 0 aliphatic heterocycles. The van der Waals surface area contributed by atoms with Gasteiger partial charge in [-0.3, -0.25) is 0 Å². The summed E-state index contributed by atoms with van der Waals surface area (Å²) in [5.41, 5.74) is 0.601. The summed E-state index contributed by atoms with van der Waals surface area (Å²) in [5.74, 6) is 0.449. The fourth-order valence-corrected chi connectivity index (χ4v) is 5.06. The summed E-state index contributed by atoms with van der Waals surface area (Å²) in [6.45, 7) is 0. The van der Waals surface area contributed by atoms with E-state index in [0.29, 0.717) is 0 Å². The second-order valence-corrected chi connectivity index (χ2v) is 7.63. The van der Waals surface area contributed by atoms with Crippen molar-refractivity contribution in [3.63, 3.8) is 0 Å². The van der Waals surface area contributed by atoms with E-state index in [0.717, 1.165) is 49.7 Å². The molecular weight excluding hydrogens is 296 g/mol. The van der Waals surface area contributed by atoms with Crippen LogP contribution in [0.15, 0.2) is 60.7 Å². The van der Waals surface area contributed by atoms with Gasteiger partial charge in [0, 0.05) is 0 Å². The van der Waals surface area contributed by atoms with Crippen molar-refractivity contribution in [3.05, 3.63) is 71.8 Å². The van der Waals surface area contributed by atoms with Crippen molar-refractivity contribution < 1.29 is 10.2 Å². The Morgan fingerprint density at radius 1 is 0.583 bits per heavy atom. The lowest BCUT2D eigenvalue weighted by Crippen LogP contribution is -2.40. The van der Waals surface area contributed by atoms with Gasteiger partial charge in [-0.15, -0.1) is 0 Å². The Labute approximate surface area is 144 Å². The minimum Gasteiger partial charge on any atom is -0.385 e. The van der Waals surface area contributed by atoms with Crippen molar-refractivity contribution in [1.29, 1.82) is 0 Å². The zero-order valence-corrected chi connectivity index (χ0v) is 14.1. The van der Waals surface area contributed by atoms with Crippen LogP contribution in [0.1, 0.15) is 49.7 Å². The van der Waals surface area contributed by atoms with E-state index in [-0.39, 0.29) is 11.8 Å². The molecule has 2 aromatic carbocycles. The van der Waals surface area contributed by atoms with Gasteiger partial charge >= 0.3 is 0 Å². The second-order valence-electron chi connectivity index (χ2n) is 7.63. The molecule has 2 fully saturated rings. The predicted octanol–water partition coefficient (Wildman–Crippen LogP) is 4.36. The van der Waals surface area contributed by atoms with Crippen LogP contribution in [0.5, 0.6) is 0 Å². The molecule has 4 atom stereocenters. The first-order chi connectivity index (χ1) is 11.6. The standard InChI is InChI=1S/C22H26O2/c23-21(17-7-3-1-4-8-17)15-13-20-12-11-19(21)14-16-22(20,24)18-9-5-2-6-10-18/h1-10,19-20,23-24H,11-16H2. The van der Waals surface area contributed by atoms with E-state index >= 15 is 0 Å². The summed E-state index contributed by atoms with van der Waals surface area (Å²) in [6.07, 6.45) is 5.19. The van der Waals surface area contributed by atoms with Crippen LogP contribution in [0.4, 0.5) is 0 Å². The summed E-state index contributed by atoms with van der Waals surface area (Å²) in [6, 6.07) is 20.3. The van der Waals surface area contributed by atoms with Gasteiger partial charge in [-0.1, -0.05) is 60.7 Å². The molecule has 0 aromatic heterocycles. The lowest BCUT2D eigenvalue weighted by molar-refractivity contribution is -0.0782. The number of rotatable bonds is 2. The van der Waals surface area contributed by atoms with Crippen LogP contribution >= 0.6 is 0 Å². The van der Waals surface area contributed by atoms with Crippen LogP contribution in [0, 0.1) is 11.8 Å². The normalized spacial score (nSPS) is 36.1. The highest BCUT2D eigenvalue weighted by Gasteiger charge is 2.49. The lowest BCUT2D eigenvalue weighted by Gasteiger charge is -2.41. The second kappa shape index (κ2) is 6.02. The van der Waals surface area contributed by atoms with Crippen molar-refractivity contribution in [3.8, 4) is 0 Å². The van der Waals surface area contributed by atoms with Crippen molar-refractivity contribution >= 4 is 0 Å². The van der Waals surface area contributed by atoms with E-state index in [1.54, 1.807) is 0 Å². The first-order valence-electron chi connectivity index (χ1n) is 9.19. The largest absolute Gasteiger partial charge is 0.385 e. The predicted molar refractivity (Wildman–Crippen MR) is 95.4 cm³/mol. The molecule has 2 N–H and O–H groups in total. The molecule has 0 amide bonds. The molecule has 2 aliphatic rings. The number of fused-ring (bicyclic) bond motifs is 3. The Hall–Kier alpha value is -1.64. The third kappa shape index (κ3) is 2.49. The fourth-order valence-electron chi connectivity index (χ4n) is 5.06. The minimum absolute atomic E-state index is 0.225. The SMILES string of the molecule is OC1(c2ccccc2)CCC2CCC1CCC2(O)c1ccccc1. The van der Waals surface area contributed by atoms with Crippen LogP contribution in [0.2, 0.25) is 0 Å². The van der Waals surface area contributed by atoms with Crippen LogP contribution in [0.3, 0.4) is 0 Å². The quantitative estimate of drug-likeness (QED) is 0.862. The van der Waals surface area contributed by atoms with Crippen molar-refractivity contribution in [2.24, 2.45) is 11.8 Å². The molecule has 4 rings (SSSR count). The number of hydrogen-bond acceptors (Lipinski definition) is 2. The van der Waals surface area contributed by atoms with Crippen LogP contribution in [-0.2, 0) is 11.2 Å². The molecule has 0 spiro atoms. The van der Waals surface area contributed by atoms with Gasteiger partial charge in [-0.05, 0) is 61.5 Å². The molecule has 0 saturated heterocycles. The summed E-state index contributed by atoms with van der Waals surface area (Å²) in [4.78, 5) is 0. The maximum Gasteiger partial charge on any atom is 0.0924 e. The van der Waals surface area contributed by atoms with Crippen molar-refractivity contribution in [2.75, 3.05) is 0 Å². The van der Waals surface area contributed by atoms with Crippen LogP contribution < -0.4 is 0 Å². The average Bonchev–Trinajstić information content (AvgIpc) is 2.92. The zero-order chi connectivity index (χ0) is 16.6. The number of aliphatic hydroxyl groups is 2. The molecular formula is C22H26O2. The lowest BCUT2D eigenvalue weighted by atomic mass is 9.69. The smallest absolute Gasteiger partial charge is 0.0924 e. The molecule has 0 heterocycles. The van der Waals surface area contributed by atoms with Gasteiger partial charge in [0.1, 0.15) is 0 Å². The molecule has 2 saturated carbocycles. The van der Waals surface area contributed by atoms with E-state index in [9.17, 15) is 10.2 Å². The molecule has 0 radical (unpaired) electrons. The van der Waals surface area contributed by atoms with E-state index in [1.165, 1.54) is 0 Å². The van der Waals surface area contributed by atoms with Gasteiger partial charge in [0.15, 0.2) is 0 Å². The molecule has 126 valence electrons. The van der Waals surface area contributed by atoms with Gasteiger partial charge in [0.05, 0.1) is 11.2 Å². The number of hydrogen-bond donors (Lipinski definition) is 2. The third-order valence-corrected chi connectivity index (χ3v) is 6.51. The summed E-state index contributed by atoms with van der Waals surface area (Å²) in [5, 5.41) is 23.0. The summed E-state index contributed by atoms with van der Waals surface area (Å²) in [7, 11) is 0. The Morgan fingerprint density at radius 3 is 1.33 bits per heavy atom. The van der Waals surface area contributed by atoms with Crippen molar-refractivity contribution in [1.82, 2.24) is 0 Å². The van der Waals surface area contributed by atoms with Gasteiger partial charge in [-0.2, -0.15) is 0 Å². The molecule has 2 heteroatoms. The van der Waals surface area contributed by atoms with Gasteiger partial charge in [0.25, 0.3) is 0 Å². The van der Waals surface area contributed by atoms with E-state index in [4.69, 9.17) is 0 Å². The Kier molecular flexibility index (Phi) is 3.98. The first-order valence-corrected chi connectivity index (χ1v) is 9.19. The highest BCUT2D eigenvalue weighted by Crippen LogP contribution is 2.53. The van der Waals surface area contributed by atoms with E-state index in [2.05, 4.69) is 24.3 Å². The topological polar surface area (TPSA) is 40.5 Å². The maximum atomic E-state index is 11.5. The van der Waals surface area contributed by atoms with Crippen LogP contribution in [0.25, 0.3) is 0 Å². The van der Waals surface area contributed by atoms with Gasteiger partial charge in [0.2, 0.25) is 0 Å². The molecule has 2 nitrogen and oxygen atoms in total. The Balaban J connectivity index is 1.67. The average molecular weight is 322 g/mol. The minimum atomic E-state index is -0.742. The molecule has 2 aliphatic carbocycles. The van der Waals surface area contributed by atoms with Gasteiger partial charge in [-0.25, -0.2) is 0 Å². The Bertz CT molecular complexity index is 622. The summed E-state index contributed by atoms with van der Waals surface area (Å²) >= 11 is 0. The van der Waals surface area contributed by atoms with E-state index in [1.807, 2.05) is 36.4 Å². The maximum absolute atomic E-state index is 11.5. The summed E-state index contributed by atoms with van der Waals surface area (Å²) < 4.78 is 0. The third-order valence-electron chi connectivity index (χ3n) is 6.51. The van der Waals surface area contributed by atoms with Crippen LogP contribution in [-0.4, -0.2) is 10.2 Å². The molecule has 24 heavy (non-hydrogen) atoms. The first kappa shape index (κ1) is 15.9. The Morgan fingerprint density at radius 2 is 0.958 bits per heavy atom. The molecule has 2 bridgehead atoms. The zero-order valence-electron chi connectivity index (χ0n) is 14.1. The van der Waals surface area contributed by atoms with E-state index < -0.39 is 11.2 Å². The molecule has 2 aromatic rings. The highest BCUT2D eigenvalue weighted by atomic mass is 16.3. The number of benzene rings is 2. The van der Waals surface area contributed by atoms with Gasteiger partial charge < -0.3 is 10.2 Å². The molecule has 4 unspecified atom stereocenters. The highest BCUT2D eigenvalue weighted by molar-refractivity contribution is 5.27. The van der Waals surface area contributed by atoms with Crippen molar-refractivity contribution in [2.45, 2.75) is 49.7 Å². The fraction of sp³-hybridized carbons (Fsp3) is 0.455. The monoisotopic (exact) mass is 322 g/mol.